The number of fused-ring (bicyclic) bond motifs is 6. The molecular weight excluding hydrogens is 310 g/mol. The summed E-state index contributed by atoms with van der Waals surface area (Å²) in [5.74, 6) is -0.0435. The van der Waals surface area contributed by atoms with E-state index in [1.54, 1.807) is 11.9 Å². The lowest BCUT2D eigenvalue weighted by molar-refractivity contribution is 0.0575. The highest BCUT2D eigenvalue weighted by atomic mass is 16.2. The largest absolute Gasteiger partial charge is 0.338 e. The van der Waals surface area contributed by atoms with Crippen molar-refractivity contribution < 1.29 is 9.59 Å². The maximum Gasteiger partial charge on any atom is 0.255 e. The van der Waals surface area contributed by atoms with Crippen molar-refractivity contribution >= 4 is 33.2 Å². The van der Waals surface area contributed by atoms with E-state index in [0.29, 0.717) is 11.1 Å². The number of carbonyl (C=O) groups excluding carboxylic acids is 2. The number of hydrogen-bond acceptors (Lipinski definition) is 2. The highest BCUT2D eigenvalue weighted by Crippen LogP contribution is 2.41. The second-order valence-electron chi connectivity index (χ2n) is 7.48. The van der Waals surface area contributed by atoms with Crippen LogP contribution in [0.3, 0.4) is 0 Å². The number of nitrogens with zero attached hydrogens (tertiary/aromatic N) is 1. The van der Waals surface area contributed by atoms with Crippen molar-refractivity contribution in [1.82, 2.24) is 4.90 Å². The van der Waals surface area contributed by atoms with E-state index in [2.05, 4.69) is 0 Å². The molecule has 0 saturated carbocycles. The molecule has 3 aromatic rings. The Kier molecular flexibility index (Phi) is 3.26. The van der Waals surface area contributed by atoms with E-state index in [1.807, 2.05) is 69.3 Å². The van der Waals surface area contributed by atoms with Crippen molar-refractivity contribution in [2.45, 2.75) is 26.8 Å². The fourth-order valence-corrected chi connectivity index (χ4v) is 3.95. The fourth-order valence-electron chi connectivity index (χ4n) is 3.95. The van der Waals surface area contributed by atoms with Gasteiger partial charge in [0.25, 0.3) is 5.91 Å². The molecule has 3 aromatic carbocycles. The Labute approximate surface area is 147 Å². The average Bonchev–Trinajstić information content (AvgIpc) is 2.68. The van der Waals surface area contributed by atoms with Crippen molar-refractivity contribution in [2.75, 3.05) is 7.05 Å². The molecule has 1 amide bonds. The molecule has 0 aromatic heterocycles. The molecule has 1 aliphatic heterocycles. The van der Waals surface area contributed by atoms with Crippen molar-refractivity contribution in [3.8, 4) is 0 Å². The van der Waals surface area contributed by atoms with Gasteiger partial charge < -0.3 is 4.90 Å². The maximum absolute atomic E-state index is 13.5. The first-order valence-corrected chi connectivity index (χ1v) is 8.61. The minimum absolute atomic E-state index is 0.0367. The van der Waals surface area contributed by atoms with Gasteiger partial charge in [-0.1, -0.05) is 62.4 Å². The number of hydrogen-bond donors (Lipinski definition) is 0. The van der Waals surface area contributed by atoms with Crippen LogP contribution in [0.25, 0.3) is 21.5 Å². The van der Waals surface area contributed by atoms with Crippen LogP contribution in [0, 0.1) is 5.41 Å². The standard InChI is InChI=1S/C22H21NO2/c1-13-22(2,3)20(24)18-16-11-7-5-9-14(16)15-10-6-8-12-17(15)19(18)21(25)23(13)4/h5-13H,1-4H3. The second-order valence-corrected chi connectivity index (χ2v) is 7.48. The van der Waals surface area contributed by atoms with Gasteiger partial charge in [-0.25, -0.2) is 0 Å². The number of amides is 1. The summed E-state index contributed by atoms with van der Waals surface area (Å²) in [6, 6.07) is 15.6. The molecule has 0 radical (unpaired) electrons. The summed E-state index contributed by atoms with van der Waals surface area (Å²) < 4.78 is 0. The summed E-state index contributed by atoms with van der Waals surface area (Å²) in [5.41, 5.74) is 0.459. The third kappa shape index (κ3) is 1.98. The van der Waals surface area contributed by atoms with Gasteiger partial charge in [0.05, 0.1) is 5.56 Å². The number of Topliss-reactive ketones (excluding diaryl/α,β-unsaturated/α-hetero) is 1. The Morgan fingerprint density at radius 2 is 1.24 bits per heavy atom. The van der Waals surface area contributed by atoms with Gasteiger partial charge in [-0.15, -0.1) is 0 Å². The molecule has 0 bridgehead atoms. The molecule has 1 aliphatic rings. The molecule has 0 aliphatic carbocycles. The van der Waals surface area contributed by atoms with Gasteiger partial charge in [-0.3, -0.25) is 9.59 Å². The van der Waals surface area contributed by atoms with E-state index in [0.717, 1.165) is 21.5 Å². The molecule has 25 heavy (non-hydrogen) atoms. The minimum atomic E-state index is -0.652. The third-order valence-corrected chi connectivity index (χ3v) is 5.90. The van der Waals surface area contributed by atoms with Gasteiger partial charge in [-0.05, 0) is 28.5 Å². The summed E-state index contributed by atoms with van der Waals surface area (Å²) in [4.78, 5) is 28.6. The van der Waals surface area contributed by atoms with Crippen LogP contribution in [-0.2, 0) is 0 Å². The van der Waals surface area contributed by atoms with Gasteiger partial charge >= 0.3 is 0 Å². The Balaban J connectivity index is 2.28. The third-order valence-electron chi connectivity index (χ3n) is 5.90. The van der Waals surface area contributed by atoms with Gasteiger partial charge in [0.15, 0.2) is 5.78 Å². The molecule has 0 spiro atoms. The lowest BCUT2D eigenvalue weighted by Gasteiger charge is -2.34. The molecular formula is C22H21NO2. The average molecular weight is 331 g/mol. The Morgan fingerprint density at radius 1 is 0.800 bits per heavy atom. The van der Waals surface area contributed by atoms with Crippen LogP contribution in [0.4, 0.5) is 0 Å². The topological polar surface area (TPSA) is 37.4 Å². The lowest BCUT2D eigenvalue weighted by Crippen LogP contribution is -2.45. The number of ketones is 1. The highest BCUT2D eigenvalue weighted by molar-refractivity contribution is 6.28. The zero-order valence-electron chi connectivity index (χ0n) is 15.0. The molecule has 3 heteroatoms. The SMILES string of the molecule is CC1N(C)C(=O)c2c(c3ccccc3c3ccccc23)C(=O)C1(C)C. The summed E-state index contributed by atoms with van der Waals surface area (Å²) in [6.45, 7) is 5.82. The summed E-state index contributed by atoms with van der Waals surface area (Å²) in [5, 5.41) is 3.75. The molecule has 4 rings (SSSR count). The monoisotopic (exact) mass is 331 g/mol. The fraction of sp³-hybridized carbons (Fsp3) is 0.273. The van der Waals surface area contributed by atoms with E-state index in [1.165, 1.54) is 0 Å². The van der Waals surface area contributed by atoms with E-state index >= 15 is 0 Å². The molecule has 3 nitrogen and oxygen atoms in total. The molecule has 0 saturated heterocycles. The van der Waals surface area contributed by atoms with Crippen LogP contribution in [0.2, 0.25) is 0 Å². The van der Waals surface area contributed by atoms with Crippen LogP contribution in [0.5, 0.6) is 0 Å². The number of carbonyl (C=O) groups is 2. The minimum Gasteiger partial charge on any atom is -0.338 e. The Hall–Kier alpha value is -2.68. The number of rotatable bonds is 0. The number of benzene rings is 3. The summed E-state index contributed by atoms with van der Waals surface area (Å²) >= 11 is 0. The normalized spacial score (nSPS) is 20.0. The highest BCUT2D eigenvalue weighted by Gasteiger charge is 2.44. The quantitative estimate of drug-likeness (QED) is 0.561. The first kappa shape index (κ1) is 15.8. The van der Waals surface area contributed by atoms with Crippen LogP contribution in [-0.4, -0.2) is 29.7 Å². The molecule has 0 N–H and O–H groups in total. The van der Waals surface area contributed by atoms with Crippen LogP contribution in [0.1, 0.15) is 41.5 Å². The maximum atomic E-state index is 13.5. The van der Waals surface area contributed by atoms with Gasteiger partial charge in [-0.2, -0.15) is 0 Å². The van der Waals surface area contributed by atoms with Crippen molar-refractivity contribution in [3.05, 3.63) is 59.7 Å². The Bertz CT molecular complexity index is 1050. The van der Waals surface area contributed by atoms with E-state index in [-0.39, 0.29) is 17.7 Å². The first-order valence-electron chi connectivity index (χ1n) is 8.61. The molecule has 1 heterocycles. The van der Waals surface area contributed by atoms with E-state index in [4.69, 9.17) is 0 Å². The lowest BCUT2D eigenvalue weighted by atomic mass is 9.76. The molecule has 0 fully saturated rings. The molecule has 1 unspecified atom stereocenters. The van der Waals surface area contributed by atoms with Crippen molar-refractivity contribution in [3.63, 3.8) is 0 Å². The van der Waals surface area contributed by atoms with Crippen LogP contribution < -0.4 is 0 Å². The summed E-state index contributed by atoms with van der Waals surface area (Å²) in [7, 11) is 1.79. The zero-order chi connectivity index (χ0) is 17.9. The smallest absolute Gasteiger partial charge is 0.255 e. The van der Waals surface area contributed by atoms with Crippen LogP contribution in [0.15, 0.2) is 48.5 Å². The van der Waals surface area contributed by atoms with Crippen LogP contribution >= 0.6 is 0 Å². The van der Waals surface area contributed by atoms with Gasteiger partial charge in [0.2, 0.25) is 0 Å². The van der Waals surface area contributed by atoms with Gasteiger partial charge in [0.1, 0.15) is 0 Å². The van der Waals surface area contributed by atoms with E-state index in [9.17, 15) is 9.59 Å². The second kappa shape index (κ2) is 5.16. The molecule has 1 atom stereocenters. The van der Waals surface area contributed by atoms with Gasteiger partial charge in [0, 0.05) is 24.1 Å². The van der Waals surface area contributed by atoms with E-state index < -0.39 is 5.41 Å². The summed E-state index contributed by atoms with van der Waals surface area (Å²) in [6.07, 6.45) is 0. The van der Waals surface area contributed by atoms with Crippen molar-refractivity contribution in [2.24, 2.45) is 5.41 Å². The Morgan fingerprint density at radius 3 is 1.76 bits per heavy atom. The zero-order valence-corrected chi connectivity index (χ0v) is 15.0. The molecule has 126 valence electrons. The first-order chi connectivity index (χ1) is 11.9. The predicted octanol–water partition coefficient (Wildman–Crippen LogP) is 4.68. The van der Waals surface area contributed by atoms with Crippen molar-refractivity contribution in [1.29, 1.82) is 0 Å². The predicted molar refractivity (Wildman–Crippen MR) is 101 cm³/mol.